The summed E-state index contributed by atoms with van der Waals surface area (Å²) in [5.74, 6) is 0.278. The van der Waals surface area contributed by atoms with Crippen LogP contribution in [0.5, 0.6) is 0 Å². The third-order valence-electron chi connectivity index (χ3n) is 6.53. The fraction of sp³-hybridized carbons (Fsp3) is 0.0323. The standard InChI is InChI=1S/C31H22N2O3/c32-31(35)25-11-5-12-26-29(25)24-15-14-22(28-13-6-16-36-28)18-27(24)33(26)19-20-7-4-10-23(17-20)30(34)21-8-2-1-3-9-21/h1-18H,19H2,(H2,32,35). The number of benzene rings is 4. The number of furan rings is 1. The first kappa shape index (κ1) is 21.6. The first-order chi connectivity index (χ1) is 17.6. The molecule has 2 aromatic heterocycles. The van der Waals surface area contributed by atoms with Gasteiger partial charge in [-0.2, -0.15) is 0 Å². The number of nitrogens with zero attached hydrogens (tertiary/aromatic N) is 1. The summed E-state index contributed by atoms with van der Waals surface area (Å²) >= 11 is 0. The average Bonchev–Trinajstić information content (AvgIpc) is 3.56. The van der Waals surface area contributed by atoms with E-state index in [2.05, 4.69) is 10.6 Å². The second kappa shape index (κ2) is 8.71. The van der Waals surface area contributed by atoms with E-state index >= 15 is 0 Å². The summed E-state index contributed by atoms with van der Waals surface area (Å²) in [4.78, 5) is 25.3. The number of amides is 1. The van der Waals surface area contributed by atoms with Crippen LogP contribution in [0.4, 0.5) is 0 Å². The van der Waals surface area contributed by atoms with E-state index in [1.165, 1.54) is 0 Å². The van der Waals surface area contributed by atoms with E-state index in [1.807, 2.05) is 91.0 Å². The normalized spacial score (nSPS) is 11.2. The highest BCUT2D eigenvalue weighted by Gasteiger charge is 2.18. The number of primary amides is 1. The molecule has 0 aliphatic carbocycles. The number of carbonyl (C=O) groups excluding carboxylic acids is 2. The van der Waals surface area contributed by atoms with Gasteiger partial charge in [0.1, 0.15) is 5.76 Å². The molecular weight excluding hydrogens is 448 g/mol. The van der Waals surface area contributed by atoms with Gasteiger partial charge in [-0.3, -0.25) is 9.59 Å². The molecule has 0 atom stereocenters. The van der Waals surface area contributed by atoms with Crippen molar-refractivity contribution >= 4 is 33.5 Å². The molecule has 0 unspecified atom stereocenters. The van der Waals surface area contributed by atoms with E-state index in [1.54, 1.807) is 12.3 Å². The van der Waals surface area contributed by atoms with Crippen LogP contribution in [0.1, 0.15) is 31.8 Å². The lowest BCUT2D eigenvalue weighted by Crippen LogP contribution is -2.11. The van der Waals surface area contributed by atoms with Crippen molar-refractivity contribution in [2.45, 2.75) is 6.54 Å². The van der Waals surface area contributed by atoms with Gasteiger partial charge < -0.3 is 14.7 Å². The second-order valence-corrected chi connectivity index (χ2v) is 8.75. The van der Waals surface area contributed by atoms with Crippen LogP contribution in [0.2, 0.25) is 0 Å². The van der Waals surface area contributed by atoms with Gasteiger partial charge in [0.25, 0.3) is 0 Å². The maximum atomic E-state index is 13.1. The molecule has 6 aromatic rings. The van der Waals surface area contributed by atoms with Crippen LogP contribution in [0.25, 0.3) is 33.1 Å². The molecule has 0 radical (unpaired) electrons. The summed E-state index contributed by atoms with van der Waals surface area (Å²) in [5.41, 5.74) is 11.3. The molecule has 5 heteroatoms. The summed E-state index contributed by atoms with van der Waals surface area (Å²) < 4.78 is 7.79. The first-order valence-electron chi connectivity index (χ1n) is 11.7. The van der Waals surface area contributed by atoms with Crippen molar-refractivity contribution < 1.29 is 14.0 Å². The molecule has 2 heterocycles. The highest BCUT2D eigenvalue weighted by Crippen LogP contribution is 2.35. The van der Waals surface area contributed by atoms with Gasteiger partial charge in [0.15, 0.2) is 5.78 Å². The van der Waals surface area contributed by atoms with Crippen LogP contribution in [-0.4, -0.2) is 16.3 Å². The Kier molecular flexibility index (Phi) is 5.23. The number of nitrogens with two attached hydrogens (primary N) is 1. The fourth-order valence-electron chi connectivity index (χ4n) is 4.87. The molecule has 0 fully saturated rings. The molecule has 0 saturated heterocycles. The van der Waals surface area contributed by atoms with E-state index < -0.39 is 5.91 Å². The average molecular weight is 471 g/mol. The summed E-state index contributed by atoms with van der Waals surface area (Å²) in [6.07, 6.45) is 1.65. The van der Waals surface area contributed by atoms with Crippen LogP contribution in [-0.2, 0) is 6.54 Å². The minimum Gasteiger partial charge on any atom is -0.464 e. The number of hydrogen-bond acceptors (Lipinski definition) is 3. The van der Waals surface area contributed by atoms with Crippen LogP contribution < -0.4 is 5.73 Å². The van der Waals surface area contributed by atoms with Crippen molar-refractivity contribution in [1.82, 2.24) is 4.57 Å². The highest BCUT2D eigenvalue weighted by atomic mass is 16.3. The highest BCUT2D eigenvalue weighted by molar-refractivity contribution is 6.18. The van der Waals surface area contributed by atoms with Crippen molar-refractivity contribution in [2.24, 2.45) is 5.73 Å². The SMILES string of the molecule is NC(=O)c1cccc2c1c1ccc(-c3ccco3)cc1n2Cc1cccc(C(=O)c2ccccc2)c1. The third-order valence-corrected chi connectivity index (χ3v) is 6.53. The number of fused-ring (bicyclic) bond motifs is 3. The minimum absolute atomic E-state index is 0.0178. The van der Waals surface area contributed by atoms with E-state index in [9.17, 15) is 9.59 Å². The number of ketones is 1. The Morgan fingerprint density at radius 2 is 1.56 bits per heavy atom. The zero-order valence-electron chi connectivity index (χ0n) is 19.3. The monoisotopic (exact) mass is 470 g/mol. The Balaban J connectivity index is 1.52. The van der Waals surface area contributed by atoms with Crippen molar-refractivity contribution in [3.8, 4) is 11.3 Å². The predicted molar refractivity (Wildman–Crippen MR) is 141 cm³/mol. The number of carbonyl (C=O) groups is 2. The van der Waals surface area contributed by atoms with E-state index in [0.717, 1.165) is 38.7 Å². The molecule has 4 aromatic carbocycles. The molecule has 0 saturated carbocycles. The van der Waals surface area contributed by atoms with Gasteiger partial charge in [0.2, 0.25) is 5.91 Å². The van der Waals surface area contributed by atoms with E-state index in [4.69, 9.17) is 10.2 Å². The van der Waals surface area contributed by atoms with Crippen LogP contribution in [0, 0.1) is 0 Å². The van der Waals surface area contributed by atoms with Crippen molar-refractivity contribution in [3.05, 3.63) is 132 Å². The Hall–Kier alpha value is -4.90. The molecule has 1 amide bonds. The lowest BCUT2D eigenvalue weighted by atomic mass is 10.0. The molecule has 6 rings (SSSR count). The Morgan fingerprint density at radius 1 is 0.750 bits per heavy atom. The van der Waals surface area contributed by atoms with Gasteiger partial charge in [-0.15, -0.1) is 0 Å². The van der Waals surface area contributed by atoms with Gasteiger partial charge in [-0.05, 0) is 42.0 Å². The number of aromatic nitrogens is 1. The smallest absolute Gasteiger partial charge is 0.249 e. The number of hydrogen-bond donors (Lipinski definition) is 1. The lowest BCUT2D eigenvalue weighted by Gasteiger charge is -2.10. The maximum Gasteiger partial charge on any atom is 0.249 e. The summed E-state index contributed by atoms with van der Waals surface area (Å²) in [6, 6.07) is 32.4. The van der Waals surface area contributed by atoms with Gasteiger partial charge >= 0.3 is 0 Å². The zero-order valence-corrected chi connectivity index (χ0v) is 19.3. The molecule has 0 spiro atoms. The first-order valence-corrected chi connectivity index (χ1v) is 11.7. The van der Waals surface area contributed by atoms with E-state index in [-0.39, 0.29) is 5.78 Å². The van der Waals surface area contributed by atoms with Crippen LogP contribution in [0.15, 0.2) is 114 Å². The summed E-state index contributed by atoms with van der Waals surface area (Å²) in [5, 5.41) is 1.76. The molecule has 5 nitrogen and oxygen atoms in total. The predicted octanol–water partition coefficient (Wildman–Crippen LogP) is 6.43. The second-order valence-electron chi connectivity index (χ2n) is 8.75. The lowest BCUT2D eigenvalue weighted by molar-refractivity contribution is 0.1000. The Labute approximate surface area is 207 Å². The van der Waals surface area contributed by atoms with Crippen LogP contribution >= 0.6 is 0 Å². The quantitative estimate of drug-likeness (QED) is 0.285. The Bertz CT molecular complexity index is 1750. The molecule has 174 valence electrons. The summed E-state index contributed by atoms with van der Waals surface area (Å²) in [6.45, 7) is 0.514. The van der Waals surface area contributed by atoms with Gasteiger partial charge in [0.05, 0.1) is 17.3 Å². The summed E-state index contributed by atoms with van der Waals surface area (Å²) in [7, 11) is 0. The third kappa shape index (κ3) is 3.67. The van der Waals surface area contributed by atoms with Gasteiger partial charge in [0, 0.05) is 39.6 Å². The fourth-order valence-corrected chi connectivity index (χ4v) is 4.87. The molecule has 2 N–H and O–H groups in total. The van der Waals surface area contributed by atoms with Crippen molar-refractivity contribution in [1.29, 1.82) is 0 Å². The molecular formula is C31H22N2O3. The Morgan fingerprint density at radius 3 is 2.33 bits per heavy atom. The zero-order chi connectivity index (χ0) is 24.6. The van der Waals surface area contributed by atoms with Gasteiger partial charge in [-0.25, -0.2) is 0 Å². The number of rotatable bonds is 6. The molecule has 0 bridgehead atoms. The molecule has 0 aliphatic rings. The maximum absolute atomic E-state index is 13.1. The van der Waals surface area contributed by atoms with Crippen molar-refractivity contribution in [2.75, 3.05) is 0 Å². The van der Waals surface area contributed by atoms with Crippen molar-refractivity contribution in [3.63, 3.8) is 0 Å². The topological polar surface area (TPSA) is 78.2 Å². The van der Waals surface area contributed by atoms with Crippen LogP contribution in [0.3, 0.4) is 0 Å². The molecule has 36 heavy (non-hydrogen) atoms. The van der Waals surface area contributed by atoms with Gasteiger partial charge in [-0.1, -0.05) is 66.7 Å². The minimum atomic E-state index is -0.467. The molecule has 0 aliphatic heterocycles. The van der Waals surface area contributed by atoms with E-state index in [0.29, 0.717) is 23.2 Å². The largest absolute Gasteiger partial charge is 0.464 e.